The first-order chi connectivity index (χ1) is 9.99. The number of hydrogen-bond acceptors (Lipinski definition) is 4. The molecule has 1 atom stereocenters. The summed E-state index contributed by atoms with van der Waals surface area (Å²) in [5.74, 6) is -1.05. The highest BCUT2D eigenvalue weighted by molar-refractivity contribution is 5.97. The number of carbonyl (C=O) groups is 2. The highest BCUT2D eigenvalue weighted by atomic mass is 16.4. The predicted octanol–water partition coefficient (Wildman–Crippen LogP) is 2.18. The lowest BCUT2D eigenvalue weighted by Gasteiger charge is -2.17. The van der Waals surface area contributed by atoms with Gasteiger partial charge in [0.15, 0.2) is 12.2 Å². The van der Waals surface area contributed by atoms with Gasteiger partial charge in [-0.25, -0.2) is 9.78 Å². The van der Waals surface area contributed by atoms with Gasteiger partial charge in [-0.15, -0.1) is 0 Å². The minimum absolute atomic E-state index is 0.195. The molecule has 1 amide bonds. The van der Waals surface area contributed by atoms with Crippen LogP contribution in [0.25, 0.3) is 11.3 Å². The molecule has 0 saturated heterocycles. The van der Waals surface area contributed by atoms with Gasteiger partial charge in [0.25, 0.3) is 5.91 Å². The van der Waals surface area contributed by atoms with Crippen LogP contribution in [0.3, 0.4) is 0 Å². The molecule has 0 spiro atoms. The van der Waals surface area contributed by atoms with Crippen molar-refractivity contribution in [2.75, 3.05) is 0 Å². The lowest BCUT2D eigenvalue weighted by atomic mass is 10.0. The number of hydrogen-bond donors (Lipinski definition) is 2. The van der Waals surface area contributed by atoms with Gasteiger partial charge < -0.3 is 14.8 Å². The zero-order valence-electron chi connectivity index (χ0n) is 11.7. The highest BCUT2D eigenvalue weighted by Crippen LogP contribution is 2.19. The van der Waals surface area contributed by atoms with Gasteiger partial charge in [-0.3, -0.25) is 4.79 Å². The smallest absolute Gasteiger partial charge is 0.326 e. The second-order valence-corrected chi connectivity index (χ2v) is 4.98. The fraction of sp³-hybridized carbons (Fsp3) is 0.267. The lowest BCUT2D eigenvalue weighted by molar-refractivity contribution is -0.140. The van der Waals surface area contributed by atoms with E-state index in [4.69, 9.17) is 9.52 Å². The number of carbonyl (C=O) groups excluding carboxylic acids is 1. The molecule has 2 aromatic rings. The van der Waals surface area contributed by atoms with Gasteiger partial charge in [0.2, 0.25) is 0 Å². The Hall–Kier alpha value is -2.63. The van der Waals surface area contributed by atoms with Crippen LogP contribution in [0.1, 0.15) is 24.2 Å². The van der Waals surface area contributed by atoms with Crippen molar-refractivity contribution in [2.24, 2.45) is 5.92 Å². The van der Waals surface area contributed by atoms with Crippen molar-refractivity contribution >= 4 is 11.9 Å². The minimum atomic E-state index is -1.04. The Morgan fingerprint density at radius 2 is 1.90 bits per heavy atom. The molecule has 2 N–H and O–H groups in total. The summed E-state index contributed by atoms with van der Waals surface area (Å²) < 4.78 is 5.16. The van der Waals surface area contributed by atoms with Crippen molar-refractivity contribution in [3.8, 4) is 11.3 Å². The molecule has 1 aromatic heterocycles. The minimum Gasteiger partial charge on any atom is -0.480 e. The van der Waals surface area contributed by atoms with E-state index in [2.05, 4.69) is 10.3 Å². The largest absolute Gasteiger partial charge is 0.480 e. The van der Waals surface area contributed by atoms with Crippen molar-refractivity contribution in [1.82, 2.24) is 10.3 Å². The Morgan fingerprint density at radius 3 is 2.38 bits per heavy atom. The average Bonchev–Trinajstić information content (AvgIpc) is 2.98. The van der Waals surface area contributed by atoms with E-state index in [9.17, 15) is 9.59 Å². The summed E-state index contributed by atoms with van der Waals surface area (Å²) in [6.07, 6.45) is 2.91. The number of nitrogens with one attached hydrogen (secondary N) is 1. The molecule has 0 aliphatic carbocycles. The maximum atomic E-state index is 12.1. The van der Waals surface area contributed by atoms with Crippen LogP contribution in [0.15, 0.2) is 41.3 Å². The Morgan fingerprint density at radius 1 is 1.24 bits per heavy atom. The summed E-state index contributed by atoms with van der Waals surface area (Å²) in [5, 5.41) is 11.6. The van der Waals surface area contributed by atoms with Gasteiger partial charge in [-0.05, 0) is 18.1 Å². The number of carboxylic acids is 1. The normalized spacial score (nSPS) is 12.1. The number of benzene rings is 1. The second kappa shape index (κ2) is 6.21. The number of amides is 1. The number of rotatable bonds is 5. The molecule has 6 nitrogen and oxygen atoms in total. The van der Waals surface area contributed by atoms with E-state index in [1.165, 1.54) is 6.39 Å². The third kappa shape index (κ3) is 3.47. The number of oxazole rings is 1. The Kier molecular flexibility index (Phi) is 4.37. The third-order valence-electron chi connectivity index (χ3n) is 3.08. The molecule has 0 saturated carbocycles. The zero-order chi connectivity index (χ0) is 15.4. The SMILES string of the molecule is CC(C)C(NC(=O)c1ccc(-c2cnco2)cc1)C(=O)O. The van der Waals surface area contributed by atoms with Crippen LogP contribution in [0.2, 0.25) is 0 Å². The lowest BCUT2D eigenvalue weighted by Crippen LogP contribution is -2.44. The monoisotopic (exact) mass is 288 g/mol. The van der Waals surface area contributed by atoms with Gasteiger partial charge >= 0.3 is 5.97 Å². The van der Waals surface area contributed by atoms with Crippen molar-refractivity contribution in [3.63, 3.8) is 0 Å². The summed E-state index contributed by atoms with van der Waals surface area (Å²) in [4.78, 5) is 27.0. The van der Waals surface area contributed by atoms with E-state index in [0.29, 0.717) is 11.3 Å². The molecule has 0 aliphatic heterocycles. The van der Waals surface area contributed by atoms with Crippen LogP contribution in [0.4, 0.5) is 0 Å². The van der Waals surface area contributed by atoms with Crippen LogP contribution in [-0.4, -0.2) is 28.0 Å². The topological polar surface area (TPSA) is 92.4 Å². The van der Waals surface area contributed by atoms with Crippen LogP contribution < -0.4 is 5.32 Å². The van der Waals surface area contributed by atoms with Crippen LogP contribution >= 0.6 is 0 Å². The van der Waals surface area contributed by atoms with Crippen molar-refractivity contribution < 1.29 is 19.1 Å². The Bertz CT molecular complexity index is 618. The van der Waals surface area contributed by atoms with Gasteiger partial charge in [0.1, 0.15) is 6.04 Å². The van der Waals surface area contributed by atoms with Gasteiger partial charge in [-0.1, -0.05) is 26.0 Å². The molecular weight excluding hydrogens is 272 g/mol. The van der Waals surface area contributed by atoms with E-state index in [1.807, 2.05) is 0 Å². The summed E-state index contributed by atoms with van der Waals surface area (Å²) in [6.45, 7) is 3.48. The first-order valence-corrected chi connectivity index (χ1v) is 6.51. The molecule has 2 rings (SSSR count). The second-order valence-electron chi connectivity index (χ2n) is 4.98. The molecule has 1 unspecified atom stereocenters. The quantitative estimate of drug-likeness (QED) is 0.879. The fourth-order valence-electron chi connectivity index (χ4n) is 1.88. The number of aromatic nitrogens is 1. The molecule has 0 fully saturated rings. The first kappa shape index (κ1) is 14.8. The van der Waals surface area contributed by atoms with E-state index < -0.39 is 17.9 Å². The van der Waals surface area contributed by atoms with Crippen LogP contribution in [0.5, 0.6) is 0 Å². The number of nitrogens with zero attached hydrogens (tertiary/aromatic N) is 1. The average molecular weight is 288 g/mol. The summed E-state index contributed by atoms with van der Waals surface area (Å²) >= 11 is 0. The van der Waals surface area contributed by atoms with Gasteiger partial charge in [0, 0.05) is 11.1 Å². The summed E-state index contributed by atoms with van der Waals surface area (Å²) in [5.41, 5.74) is 1.19. The van der Waals surface area contributed by atoms with E-state index in [0.717, 1.165) is 5.56 Å². The van der Waals surface area contributed by atoms with Crippen molar-refractivity contribution in [2.45, 2.75) is 19.9 Å². The predicted molar refractivity (Wildman–Crippen MR) is 75.7 cm³/mol. The molecule has 0 bridgehead atoms. The van der Waals surface area contributed by atoms with Crippen molar-refractivity contribution in [1.29, 1.82) is 0 Å². The standard InChI is InChI=1S/C15H16N2O4/c1-9(2)13(15(19)20)17-14(18)11-5-3-10(4-6-11)12-7-16-8-21-12/h3-9,13H,1-2H3,(H,17,18)(H,19,20). The zero-order valence-corrected chi connectivity index (χ0v) is 11.7. The van der Waals surface area contributed by atoms with E-state index in [-0.39, 0.29) is 5.92 Å². The number of carboxylic acid groups (broad SMARTS) is 1. The number of aliphatic carboxylic acids is 1. The van der Waals surface area contributed by atoms with Crippen LogP contribution in [0, 0.1) is 5.92 Å². The summed E-state index contributed by atoms with van der Waals surface area (Å²) in [7, 11) is 0. The molecule has 0 aliphatic rings. The molecule has 6 heteroatoms. The maximum Gasteiger partial charge on any atom is 0.326 e. The third-order valence-corrected chi connectivity index (χ3v) is 3.08. The molecule has 1 aromatic carbocycles. The molecule has 1 heterocycles. The van der Waals surface area contributed by atoms with Gasteiger partial charge in [0.05, 0.1) is 6.20 Å². The fourth-order valence-corrected chi connectivity index (χ4v) is 1.88. The van der Waals surface area contributed by atoms with Crippen molar-refractivity contribution in [3.05, 3.63) is 42.4 Å². The van der Waals surface area contributed by atoms with E-state index in [1.54, 1.807) is 44.3 Å². The Labute approximate surface area is 121 Å². The molecule has 21 heavy (non-hydrogen) atoms. The van der Waals surface area contributed by atoms with Gasteiger partial charge in [-0.2, -0.15) is 0 Å². The first-order valence-electron chi connectivity index (χ1n) is 6.51. The highest BCUT2D eigenvalue weighted by Gasteiger charge is 2.23. The molecule has 0 radical (unpaired) electrons. The van der Waals surface area contributed by atoms with Crippen LogP contribution in [-0.2, 0) is 4.79 Å². The Balaban J connectivity index is 2.11. The maximum absolute atomic E-state index is 12.1. The molecule has 110 valence electrons. The molecular formula is C15H16N2O4. The summed E-state index contributed by atoms with van der Waals surface area (Å²) in [6, 6.07) is 5.77. The van der Waals surface area contributed by atoms with E-state index >= 15 is 0 Å².